The van der Waals surface area contributed by atoms with Crippen LogP contribution in [0, 0.1) is 0 Å². The lowest BCUT2D eigenvalue weighted by atomic mass is 10.0. The number of rotatable bonds is 54. The smallest absolute Gasteiger partial charge is 0.306 e. The Labute approximate surface area is 411 Å². The average Bonchev–Trinajstić information content (AvgIpc) is 3.31. The number of ether oxygens (including phenoxy) is 3. The summed E-state index contributed by atoms with van der Waals surface area (Å²) in [5.41, 5.74) is 0. The van der Waals surface area contributed by atoms with Crippen LogP contribution < -0.4 is 0 Å². The standard InChI is InChI=1S/C60H112O6/c1-4-7-10-13-16-19-22-25-28-30-33-35-38-41-44-47-50-53-59(62)65-56-57(55-64-58(61)52-49-46-43-40-37-34-31-27-24-21-18-15-12-9-6-3)66-60(63)54-51-48-45-42-39-36-32-29-26-23-20-17-14-11-8-5-2/h25,28-29,32,57H,4-24,26-27,30-31,33-56H2,1-3H3/b28-25-,32-29-/t57-/m1/s1. The quantitative estimate of drug-likeness (QED) is 0.0262. The van der Waals surface area contributed by atoms with Crippen molar-refractivity contribution in [2.45, 2.75) is 329 Å². The van der Waals surface area contributed by atoms with Crippen LogP contribution >= 0.6 is 0 Å². The molecule has 66 heavy (non-hydrogen) atoms. The van der Waals surface area contributed by atoms with Crippen molar-refractivity contribution in [3.05, 3.63) is 24.3 Å². The molecule has 0 bridgehead atoms. The van der Waals surface area contributed by atoms with Gasteiger partial charge in [0.1, 0.15) is 13.2 Å². The van der Waals surface area contributed by atoms with Gasteiger partial charge in [0.05, 0.1) is 0 Å². The summed E-state index contributed by atoms with van der Waals surface area (Å²) >= 11 is 0. The van der Waals surface area contributed by atoms with Crippen LogP contribution in [0.3, 0.4) is 0 Å². The Morgan fingerprint density at radius 3 is 0.758 bits per heavy atom. The SMILES string of the molecule is CCCCCCCC/C=C\CCCCCCCCCC(=O)OC[C@@H](COC(=O)CCCCCCCCCCCCCCCCC)OC(=O)CCCCCCC/C=C\CCCCCCCCC. The molecular weight excluding hydrogens is 817 g/mol. The molecule has 0 aromatic heterocycles. The van der Waals surface area contributed by atoms with E-state index in [0.717, 1.165) is 64.2 Å². The molecule has 0 amide bonds. The van der Waals surface area contributed by atoms with Crippen LogP contribution in [0.2, 0.25) is 0 Å². The molecule has 0 heterocycles. The van der Waals surface area contributed by atoms with Crippen molar-refractivity contribution >= 4 is 17.9 Å². The van der Waals surface area contributed by atoms with Crippen molar-refractivity contribution in [1.82, 2.24) is 0 Å². The first-order valence-electron chi connectivity index (χ1n) is 29.3. The lowest BCUT2D eigenvalue weighted by Gasteiger charge is -2.18. The maximum Gasteiger partial charge on any atom is 0.306 e. The zero-order valence-electron chi connectivity index (χ0n) is 44.5. The molecule has 0 aromatic rings. The summed E-state index contributed by atoms with van der Waals surface area (Å²) in [5, 5.41) is 0. The summed E-state index contributed by atoms with van der Waals surface area (Å²) < 4.78 is 16.9. The Kier molecular flexibility index (Phi) is 53.7. The molecule has 0 unspecified atom stereocenters. The van der Waals surface area contributed by atoms with Gasteiger partial charge in [-0.1, -0.05) is 257 Å². The number of allylic oxidation sites excluding steroid dienone is 4. The van der Waals surface area contributed by atoms with Gasteiger partial charge in [-0.2, -0.15) is 0 Å². The summed E-state index contributed by atoms with van der Waals surface area (Å²) in [6, 6.07) is 0. The van der Waals surface area contributed by atoms with E-state index in [1.165, 1.54) is 218 Å². The van der Waals surface area contributed by atoms with Gasteiger partial charge in [0.2, 0.25) is 0 Å². The van der Waals surface area contributed by atoms with E-state index in [1.54, 1.807) is 0 Å². The Bertz CT molecular complexity index is 1070. The Balaban J connectivity index is 4.35. The Morgan fingerprint density at radius 2 is 0.500 bits per heavy atom. The van der Waals surface area contributed by atoms with E-state index >= 15 is 0 Å². The van der Waals surface area contributed by atoms with Crippen molar-refractivity contribution in [2.75, 3.05) is 13.2 Å². The second kappa shape index (κ2) is 55.5. The van der Waals surface area contributed by atoms with Crippen molar-refractivity contribution in [2.24, 2.45) is 0 Å². The van der Waals surface area contributed by atoms with Crippen LogP contribution in [-0.4, -0.2) is 37.2 Å². The molecule has 0 rings (SSSR count). The molecule has 0 N–H and O–H groups in total. The highest BCUT2D eigenvalue weighted by Crippen LogP contribution is 2.16. The largest absolute Gasteiger partial charge is 0.462 e. The topological polar surface area (TPSA) is 78.9 Å². The zero-order valence-corrected chi connectivity index (χ0v) is 44.5. The first kappa shape index (κ1) is 63.9. The molecule has 0 spiro atoms. The fourth-order valence-electron chi connectivity index (χ4n) is 8.73. The highest BCUT2D eigenvalue weighted by atomic mass is 16.6. The van der Waals surface area contributed by atoms with Gasteiger partial charge in [0.25, 0.3) is 0 Å². The molecule has 6 heteroatoms. The van der Waals surface area contributed by atoms with Gasteiger partial charge in [-0.3, -0.25) is 14.4 Å². The fourth-order valence-corrected chi connectivity index (χ4v) is 8.73. The van der Waals surface area contributed by atoms with Crippen molar-refractivity contribution < 1.29 is 28.6 Å². The van der Waals surface area contributed by atoms with E-state index in [2.05, 4.69) is 45.1 Å². The number of esters is 3. The lowest BCUT2D eigenvalue weighted by molar-refractivity contribution is -0.167. The predicted molar refractivity (Wildman–Crippen MR) is 284 cm³/mol. The second-order valence-corrected chi connectivity index (χ2v) is 19.9. The molecule has 6 nitrogen and oxygen atoms in total. The minimum absolute atomic E-state index is 0.0714. The molecule has 0 aliphatic heterocycles. The predicted octanol–water partition coefficient (Wildman–Crippen LogP) is 19.5. The Hall–Kier alpha value is -2.11. The maximum absolute atomic E-state index is 12.8. The van der Waals surface area contributed by atoms with Gasteiger partial charge in [-0.25, -0.2) is 0 Å². The molecule has 0 radical (unpaired) electrons. The van der Waals surface area contributed by atoms with Crippen LogP contribution in [0.25, 0.3) is 0 Å². The average molecular weight is 930 g/mol. The summed E-state index contributed by atoms with van der Waals surface area (Å²) in [6.45, 7) is 6.67. The first-order chi connectivity index (χ1) is 32.5. The van der Waals surface area contributed by atoms with Gasteiger partial charge in [0.15, 0.2) is 6.10 Å². The summed E-state index contributed by atoms with van der Waals surface area (Å²) in [4.78, 5) is 38.2. The van der Waals surface area contributed by atoms with Gasteiger partial charge >= 0.3 is 17.9 Å². The van der Waals surface area contributed by atoms with Crippen LogP contribution in [0.15, 0.2) is 24.3 Å². The number of unbranched alkanes of at least 4 members (excludes halogenated alkanes) is 39. The maximum atomic E-state index is 12.8. The zero-order chi connectivity index (χ0) is 47.9. The molecule has 0 fully saturated rings. The van der Waals surface area contributed by atoms with E-state index in [0.29, 0.717) is 19.3 Å². The molecule has 0 saturated heterocycles. The third-order valence-corrected chi connectivity index (χ3v) is 13.2. The molecule has 0 aliphatic rings. The van der Waals surface area contributed by atoms with E-state index in [9.17, 15) is 14.4 Å². The Morgan fingerprint density at radius 1 is 0.288 bits per heavy atom. The van der Waals surface area contributed by atoms with Crippen molar-refractivity contribution in [3.8, 4) is 0 Å². The minimum atomic E-state index is -0.773. The number of carbonyl (C=O) groups excluding carboxylic acids is 3. The van der Waals surface area contributed by atoms with Crippen molar-refractivity contribution in [1.29, 1.82) is 0 Å². The number of hydrogen-bond acceptors (Lipinski definition) is 6. The summed E-state index contributed by atoms with van der Waals surface area (Å²) in [6.07, 6.45) is 64.5. The highest BCUT2D eigenvalue weighted by molar-refractivity contribution is 5.71. The van der Waals surface area contributed by atoms with E-state index in [1.807, 2.05) is 0 Å². The van der Waals surface area contributed by atoms with E-state index in [4.69, 9.17) is 14.2 Å². The number of hydrogen-bond donors (Lipinski definition) is 0. The van der Waals surface area contributed by atoms with Gasteiger partial charge in [-0.05, 0) is 70.6 Å². The molecule has 388 valence electrons. The van der Waals surface area contributed by atoms with Crippen LogP contribution in [0.1, 0.15) is 323 Å². The number of carbonyl (C=O) groups is 3. The third-order valence-electron chi connectivity index (χ3n) is 13.2. The van der Waals surface area contributed by atoms with Gasteiger partial charge in [0, 0.05) is 19.3 Å². The summed E-state index contributed by atoms with van der Waals surface area (Å²) in [5.74, 6) is -0.864. The van der Waals surface area contributed by atoms with Crippen LogP contribution in [-0.2, 0) is 28.6 Å². The van der Waals surface area contributed by atoms with E-state index in [-0.39, 0.29) is 31.1 Å². The molecular formula is C60H112O6. The fraction of sp³-hybridized carbons (Fsp3) is 0.883. The van der Waals surface area contributed by atoms with E-state index < -0.39 is 6.10 Å². The molecule has 0 aliphatic carbocycles. The third kappa shape index (κ3) is 52.9. The minimum Gasteiger partial charge on any atom is -0.462 e. The second-order valence-electron chi connectivity index (χ2n) is 19.9. The van der Waals surface area contributed by atoms with Crippen molar-refractivity contribution in [3.63, 3.8) is 0 Å². The highest BCUT2D eigenvalue weighted by Gasteiger charge is 2.19. The lowest BCUT2D eigenvalue weighted by Crippen LogP contribution is -2.30. The van der Waals surface area contributed by atoms with Gasteiger partial charge < -0.3 is 14.2 Å². The summed E-state index contributed by atoms with van der Waals surface area (Å²) in [7, 11) is 0. The molecule has 0 aromatic carbocycles. The monoisotopic (exact) mass is 929 g/mol. The normalized spacial score (nSPS) is 12.1. The molecule has 0 saturated carbocycles. The molecule has 1 atom stereocenters. The van der Waals surface area contributed by atoms with Crippen LogP contribution in [0.5, 0.6) is 0 Å². The first-order valence-corrected chi connectivity index (χ1v) is 29.3. The van der Waals surface area contributed by atoms with Crippen LogP contribution in [0.4, 0.5) is 0 Å². The van der Waals surface area contributed by atoms with Gasteiger partial charge in [-0.15, -0.1) is 0 Å².